The number of carbonyl (C=O) groups is 1. The van der Waals surface area contributed by atoms with Crippen LogP contribution in [0.3, 0.4) is 0 Å². The summed E-state index contributed by atoms with van der Waals surface area (Å²) in [5.74, 6) is -2.11. The van der Waals surface area contributed by atoms with Crippen molar-refractivity contribution in [2.24, 2.45) is 11.7 Å². The van der Waals surface area contributed by atoms with Gasteiger partial charge >= 0.3 is 0 Å². The number of hydrogen-bond donors (Lipinski definition) is 1. The zero-order chi connectivity index (χ0) is 15.7. The first-order valence-electron chi connectivity index (χ1n) is 8.62. The first kappa shape index (κ1) is 18.9. The molecule has 1 aliphatic carbocycles. The highest BCUT2D eigenvalue weighted by Gasteiger charge is 2.47. The van der Waals surface area contributed by atoms with Crippen molar-refractivity contribution in [3.8, 4) is 0 Å². The SMILES string of the molecule is Cl.N[C@H](C(=O)N1CCC(N2CC(F)(F)C2)CC1)C1CCCCC1. The molecule has 0 aromatic heterocycles. The minimum absolute atomic E-state index is 0. The Bertz CT molecular complexity index is 402. The number of rotatable bonds is 3. The zero-order valence-electron chi connectivity index (χ0n) is 13.6. The molecule has 134 valence electrons. The molecule has 0 unspecified atom stereocenters. The van der Waals surface area contributed by atoms with Gasteiger partial charge in [0.2, 0.25) is 5.91 Å². The average Bonchev–Trinajstić information content (AvgIpc) is 2.52. The molecule has 0 bridgehead atoms. The van der Waals surface area contributed by atoms with Crippen molar-refractivity contribution in [3.63, 3.8) is 0 Å². The number of carbonyl (C=O) groups excluding carboxylic acids is 1. The first-order chi connectivity index (χ1) is 10.5. The molecule has 3 fully saturated rings. The molecule has 0 aromatic rings. The van der Waals surface area contributed by atoms with E-state index in [-0.39, 0.29) is 43.5 Å². The van der Waals surface area contributed by atoms with Crippen LogP contribution in [0.2, 0.25) is 0 Å². The van der Waals surface area contributed by atoms with Crippen LogP contribution in [0.15, 0.2) is 0 Å². The van der Waals surface area contributed by atoms with E-state index in [0.29, 0.717) is 19.0 Å². The van der Waals surface area contributed by atoms with E-state index in [0.717, 1.165) is 25.7 Å². The third-order valence-corrected chi connectivity index (χ3v) is 5.60. The predicted molar refractivity (Wildman–Crippen MR) is 87.9 cm³/mol. The Morgan fingerprint density at radius 3 is 2.13 bits per heavy atom. The van der Waals surface area contributed by atoms with Gasteiger partial charge in [0.15, 0.2) is 0 Å². The summed E-state index contributed by atoms with van der Waals surface area (Å²) in [4.78, 5) is 16.2. The van der Waals surface area contributed by atoms with Crippen LogP contribution in [0.5, 0.6) is 0 Å². The second-order valence-corrected chi connectivity index (χ2v) is 7.24. The Labute approximate surface area is 143 Å². The van der Waals surface area contributed by atoms with Crippen LogP contribution in [0.25, 0.3) is 0 Å². The summed E-state index contributed by atoms with van der Waals surface area (Å²) >= 11 is 0. The summed E-state index contributed by atoms with van der Waals surface area (Å²) in [5.41, 5.74) is 6.19. The maximum absolute atomic E-state index is 12.9. The van der Waals surface area contributed by atoms with E-state index >= 15 is 0 Å². The van der Waals surface area contributed by atoms with Crippen LogP contribution in [0, 0.1) is 5.92 Å². The average molecular weight is 352 g/mol. The van der Waals surface area contributed by atoms with Crippen molar-refractivity contribution in [1.29, 1.82) is 0 Å². The van der Waals surface area contributed by atoms with Crippen LogP contribution < -0.4 is 5.73 Å². The van der Waals surface area contributed by atoms with Gasteiger partial charge in [0.1, 0.15) is 0 Å². The second kappa shape index (κ2) is 7.62. The Morgan fingerprint density at radius 1 is 1.04 bits per heavy atom. The monoisotopic (exact) mass is 351 g/mol. The molecule has 2 heterocycles. The molecule has 1 atom stereocenters. The maximum Gasteiger partial charge on any atom is 0.272 e. The van der Waals surface area contributed by atoms with Crippen molar-refractivity contribution >= 4 is 18.3 Å². The van der Waals surface area contributed by atoms with E-state index < -0.39 is 5.92 Å². The van der Waals surface area contributed by atoms with Gasteiger partial charge in [-0.25, -0.2) is 8.78 Å². The normalized spacial score (nSPS) is 27.9. The molecular weight excluding hydrogens is 324 g/mol. The molecule has 0 aromatic carbocycles. The van der Waals surface area contributed by atoms with Gasteiger partial charge < -0.3 is 10.6 Å². The van der Waals surface area contributed by atoms with Gasteiger partial charge in [0.05, 0.1) is 19.1 Å². The highest BCUT2D eigenvalue weighted by atomic mass is 35.5. The maximum atomic E-state index is 12.9. The summed E-state index contributed by atoms with van der Waals surface area (Å²) in [5, 5.41) is 0. The molecule has 1 saturated carbocycles. The van der Waals surface area contributed by atoms with Crippen LogP contribution in [-0.2, 0) is 4.79 Å². The number of nitrogens with zero attached hydrogens (tertiary/aromatic N) is 2. The Balaban J connectivity index is 0.00000192. The number of nitrogens with two attached hydrogens (primary N) is 1. The first-order valence-corrected chi connectivity index (χ1v) is 8.62. The van der Waals surface area contributed by atoms with Crippen LogP contribution in [0.1, 0.15) is 44.9 Å². The minimum Gasteiger partial charge on any atom is -0.341 e. The van der Waals surface area contributed by atoms with Gasteiger partial charge in [-0.05, 0) is 31.6 Å². The highest BCUT2D eigenvalue weighted by Crippen LogP contribution is 2.32. The Kier molecular flexibility index (Phi) is 6.25. The number of hydrogen-bond acceptors (Lipinski definition) is 3. The number of piperidine rings is 1. The third-order valence-electron chi connectivity index (χ3n) is 5.60. The number of alkyl halides is 2. The van der Waals surface area contributed by atoms with E-state index in [1.54, 1.807) is 0 Å². The lowest BCUT2D eigenvalue weighted by molar-refractivity contribution is -0.155. The van der Waals surface area contributed by atoms with Crippen molar-refractivity contribution in [2.75, 3.05) is 26.2 Å². The van der Waals surface area contributed by atoms with Crippen LogP contribution in [0.4, 0.5) is 8.78 Å². The summed E-state index contributed by atoms with van der Waals surface area (Å²) in [6, 6.07) is -0.167. The van der Waals surface area contributed by atoms with Gasteiger partial charge in [0, 0.05) is 19.1 Å². The third kappa shape index (κ3) is 4.34. The summed E-state index contributed by atoms with van der Waals surface area (Å²) in [6.45, 7) is 1.08. The van der Waals surface area contributed by atoms with Gasteiger partial charge in [-0.15, -0.1) is 12.4 Å². The molecule has 2 N–H and O–H groups in total. The molecule has 4 nitrogen and oxygen atoms in total. The van der Waals surface area contributed by atoms with E-state index in [4.69, 9.17) is 5.73 Å². The fourth-order valence-corrected chi connectivity index (χ4v) is 4.16. The fraction of sp³-hybridized carbons (Fsp3) is 0.938. The molecule has 2 saturated heterocycles. The standard InChI is InChI=1S/C16H27F2N3O.ClH/c17-16(18)10-21(11-16)13-6-8-20(9-7-13)15(22)14(19)12-4-2-1-3-5-12;/h12-14H,1-11,19H2;1H/t14-;/m0./s1. The van der Waals surface area contributed by atoms with E-state index in [1.165, 1.54) is 19.3 Å². The van der Waals surface area contributed by atoms with Crippen molar-refractivity contribution < 1.29 is 13.6 Å². The van der Waals surface area contributed by atoms with Gasteiger partial charge in [-0.1, -0.05) is 19.3 Å². The molecule has 0 spiro atoms. The van der Waals surface area contributed by atoms with E-state index in [2.05, 4.69) is 0 Å². The number of likely N-dealkylation sites (tertiary alicyclic amines) is 2. The Morgan fingerprint density at radius 2 is 1.61 bits per heavy atom. The summed E-state index contributed by atoms with van der Waals surface area (Å²) < 4.78 is 25.9. The number of amides is 1. The summed E-state index contributed by atoms with van der Waals surface area (Å²) in [6.07, 6.45) is 7.31. The van der Waals surface area contributed by atoms with Gasteiger partial charge in [-0.3, -0.25) is 9.69 Å². The fourth-order valence-electron chi connectivity index (χ4n) is 4.16. The van der Waals surface area contributed by atoms with Crippen LogP contribution >= 0.6 is 12.4 Å². The second-order valence-electron chi connectivity index (χ2n) is 7.24. The predicted octanol–water partition coefficient (Wildman–Crippen LogP) is 2.26. The topological polar surface area (TPSA) is 49.6 Å². The lowest BCUT2D eigenvalue weighted by Crippen LogP contribution is -2.62. The lowest BCUT2D eigenvalue weighted by Gasteiger charge is -2.47. The largest absolute Gasteiger partial charge is 0.341 e. The smallest absolute Gasteiger partial charge is 0.272 e. The molecule has 2 aliphatic heterocycles. The van der Waals surface area contributed by atoms with Crippen molar-refractivity contribution in [3.05, 3.63) is 0 Å². The highest BCUT2D eigenvalue weighted by molar-refractivity contribution is 5.85. The molecule has 7 heteroatoms. The molecule has 3 aliphatic rings. The minimum atomic E-state index is -2.50. The molecule has 23 heavy (non-hydrogen) atoms. The van der Waals surface area contributed by atoms with Crippen LogP contribution in [-0.4, -0.2) is 59.9 Å². The van der Waals surface area contributed by atoms with Gasteiger partial charge in [0.25, 0.3) is 5.92 Å². The molecule has 3 rings (SSSR count). The zero-order valence-corrected chi connectivity index (χ0v) is 14.4. The Hall–Kier alpha value is -0.460. The van der Waals surface area contributed by atoms with Crippen molar-refractivity contribution in [1.82, 2.24) is 9.80 Å². The molecule has 0 radical (unpaired) electrons. The van der Waals surface area contributed by atoms with E-state index in [9.17, 15) is 13.6 Å². The number of halogens is 3. The lowest BCUT2D eigenvalue weighted by atomic mass is 9.83. The van der Waals surface area contributed by atoms with Crippen molar-refractivity contribution in [2.45, 2.75) is 63.0 Å². The molecular formula is C16H28ClF2N3O. The summed E-state index contributed by atoms with van der Waals surface area (Å²) in [7, 11) is 0. The van der Waals surface area contributed by atoms with E-state index in [1.807, 2.05) is 9.80 Å². The molecule has 1 amide bonds. The van der Waals surface area contributed by atoms with Gasteiger partial charge in [-0.2, -0.15) is 0 Å². The quantitative estimate of drug-likeness (QED) is 0.848.